The third-order valence-corrected chi connectivity index (χ3v) is 7.39. The number of rotatable bonds is 8. The highest BCUT2D eigenvalue weighted by molar-refractivity contribution is 5.92. The molecule has 1 saturated heterocycles. The maximum Gasteiger partial charge on any atom is 0.274 e. The van der Waals surface area contributed by atoms with Crippen molar-refractivity contribution < 1.29 is 14.3 Å². The Kier molecular flexibility index (Phi) is 8.08. The van der Waals surface area contributed by atoms with E-state index in [0.717, 1.165) is 29.7 Å². The number of piperidine rings is 1. The molecule has 1 aliphatic rings. The Morgan fingerprint density at radius 3 is 2.44 bits per heavy atom. The van der Waals surface area contributed by atoms with Crippen LogP contribution in [0.5, 0.6) is 5.75 Å². The number of carbonyl (C=O) groups is 2. The largest absolute Gasteiger partial charge is 0.497 e. The fourth-order valence-corrected chi connectivity index (χ4v) is 5.18. The Balaban J connectivity index is 1.49. The van der Waals surface area contributed by atoms with Gasteiger partial charge in [0.05, 0.1) is 13.0 Å². The summed E-state index contributed by atoms with van der Waals surface area (Å²) in [5.41, 5.74) is 2.61. The molecule has 1 fully saturated rings. The molecule has 0 aliphatic carbocycles. The Morgan fingerprint density at radius 1 is 1.08 bits per heavy atom. The number of aromatic nitrogens is 2. The minimum absolute atomic E-state index is 0.0181. The fraction of sp³-hybridized carbons (Fsp3) is 0.414. The molecule has 190 valence electrons. The van der Waals surface area contributed by atoms with Gasteiger partial charge in [-0.15, -0.1) is 0 Å². The first-order valence-electron chi connectivity index (χ1n) is 12.6. The third-order valence-electron chi connectivity index (χ3n) is 7.39. The van der Waals surface area contributed by atoms with Gasteiger partial charge in [-0.1, -0.05) is 42.5 Å². The zero-order valence-electron chi connectivity index (χ0n) is 21.6. The second kappa shape index (κ2) is 11.4. The molecule has 0 spiro atoms. The lowest BCUT2D eigenvalue weighted by atomic mass is 9.84. The first-order chi connectivity index (χ1) is 17.4. The molecule has 36 heavy (non-hydrogen) atoms. The Hall–Kier alpha value is -3.61. The van der Waals surface area contributed by atoms with Gasteiger partial charge in [0.2, 0.25) is 5.91 Å². The average Bonchev–Trinajstić information content (AvgIpc) is 3.37. The molecule has 0 unspecified atom stereocenters. The predicted molar refractivity (Wildman–Crippen MR) is 140 cm³/mol. The van der Waals surface area contributed by atoms with Gasteiger partial charge in [-0.2, -0.15) is 5.10 Å². The minimum atomic E-state index is -0.163. The summed E-state index contributed by atoms with van der Waals surface area (Å²) in [5.74, 6) is 0.996. The van der Waals surface area contributed by atoms with Crippen LogP contribution in [-0.2, 0) is 18.3 Å². The van der Waals surface area contributed by atoms with Gasteiger partial charge >= 0.3 is 0 Å². The molecule has 0 bridgehead atoms. The number of benzene rings is 2. The van der Waals surface area contributed by atoms with Gasteiger partial charge in [0.15, 0.2) is 0 Å². The molecule has 2 amide bonds. The highest BCUT2D eigenvalue weighted by Crippen LogP contribution is 2.30. The Labute approximate surface area is 213 Å². The summed E-state index contributed by atoms with van der Waals surface area (Å²) in [6, 6.07) is 19.7. The standard InChI is InChI=1S/C29H36N4O3/c1-21(23-10-6-5-7-11-23)28(34)33-17-13-24(14-18-33)27(20-22-9-8-12-25(19-22)36-4)32(3)29(35)26-15-16-31(2)30-26/h5-12,15-16,19,21,24,27H,13-14,17-18,20H2,1-4H3/t21-,27-/m0/s1. The number of amides is 2. The summed E-state index contributed by atoms with van der Waals surface area (Å²) < 4.78 is 7.07. The van der Waals surface area contributed by atoms with Crippen molar-refractivity contribution in [3.8, 4) is 5.75 Å². The van der Waals surface area contributed by atoms with E-state index in [1.54, 1.807) is 24.1 Å². The first kappa shape index (κ1) is 25.5. The maximum atomic E-state index is 13.3. The molecule has 3 aromatic rings. The van der Waals surface area contributed by atoms with Crippen LogP contribution in [0.4, 0.5) is 0 Å². The molecule has 7 nitrogen and oxygen atoms in total. The number of hydrogen-bond donors (Lipinski definition) is 0. The predicted octanol–water partition coefficient (Wildman–Crippen LogP) is 4.15. The summed E-state index contributed by atoms with van der Waals surface area (Å²) in [6.45, 7) is 3.37. The number of aryl methyl sites for hydroxylation is 1. The van der Waals surface area contributed by atoms with Gasteiger partial charge in [-0.3, -0.25) is 14.3 Å². The van der Waals surface area contributed by atoms with Crippen molar-refractivity contribution in [1.82, 2.24) is 19.6 Å². The van der Waals surface area contributed by atoms with Crippen LogP contribution < -0.4 is 4.74 Å². The normalized spacial score (nSPS) is 15.8. The van der Waals surface area contributed by atoms with Crippen molar-refractivity contribution >= 4 is 11.8 Å². The van der Waals surface area contributed by atoms with Crippen molar-refractivity contribution in [3.63, 3.8) is 0 Å². The molecule has 0 N–H and O–H groups in total. The van der Waals surface area contributed by atoms with Crippen molar-refractivity contribution in [1.29, 1.82) is 0 Å². The van der Waals surface area contributed by atoms with Crippen molar-refractivity contribution in [3.05, 3.63) is 83.7 Å². The van der Waals surface area contributed by atoms with Crippen LogP contribution in [0.25, 0.3) is 0 Å². The number of ether oxygens (including phenoxy) is 1. The quantitative estimate of drug-likeness (QED) is 0.478. The van der Waals surface area contributed by atoms with E-state index in [0.29, 0.717) is 25.2 Å². The lowest BCUT2D eigenvalue weighted by Crippen LogP contribution is -2.49. The lowest BCUT2D eigenvalue weighted by Gasteiger charge is -2.40. The highest BCUT2D eigenvalue weighted by atomic mass is 16.5. The Bertz CT molecular complexity index is 1170. The molecular formula is C29H36N4O3. The van der Waals surface area contributed by atoms with Gasteiger partial charge in [0, 0.05) is 39.4 Å². The van der Waals surface area contributed by atoms with E-state index >= 15 is 0 Å². The van der Waals surface area contributed by atoms with E-state index < -0.39 is 0 Å². The molecule has 2 heterocycles. The third kappa shape index (κ3) is 5.78. The molecule has 2 aromatic carbocycles. The molecule has 1 aromatic heterocycles. The molecule has 4 rings (SSSR count). The van der Waals surface area contributed by atoms with Crippen LogP contribution in [0.3, 0.4) is 0 Å². The van der Waals surface area contributed by atoms with E-state index in [1.165, 1.54) is 0 Å². The maximum absolute atomic E-state index is 13.3. The second-order valence-electron chi connectivity index (χ2n) is 9.71. The zero-order chi connectivity index (χ0) is 25.7. The highest BCUT2D eigenvalue weighted by Gasteiger charge is 2.34. The van der Waals surface area contributed by atoms with Crippen molar-refractivity contribution in [2.75, 3.05) is 27.2 Å². The van der Waals surface area contributed by atoms with Gasteiger partial charge < -0.3 is 14.5 Å². The number of carbonyl (C=O) groups excluding carboxylic acids is 2. The molecule has 0 radical (unpaired) electrons. The van der Waals surface area contributed by atoms with Gasteiger partial charge in [0.1, 0.15) is 11.4 Å². The van der Waals surface area contributed by atoms with Crippen LogP contribution in [0.15, 0.2) is 66.9 Å². The fourth-order valence-electron chi connectivity index (χ4n) is 5.18. The Morgan fingerprint density at radius 2 is 1.81 bits per heavy atom. The summed E-state index contributed by atoms with van der Waals surface area (Å²) in [5, 5.41) is 4.33. The molecule has 0 saturated carbocycles. The number of likely N-dealkylation sites (tertiary alicyclic amines) is 1. The van der Waals surface area contributed by atoms with Gasteiger partial charge in [-0.25, -0.2) is 0 Å². The monoisotopic (exact) mass is 488 g/mol. The number of hydrogen-bond acceptors (Lipinski definition) is 4. The summed E-state index contributed by atoms with van der Waals surface area (Å²) in [7, 11) is 5.35. The summed E-state index contributed by atoms with van der Waals surface area (Å²) in [4.78, 5) is 30.4. The molecule has 2 atom stereocenters. The van der Waals surface area contributed by atoms with Crippen LogP contribution in [0.1, 0.15) is 47.3 Å². The van der Waals surface area contributed by atoms with Crippen molar-refractivity contribution in [2.45, 2.75) is 38.1 Å². The molecular weight excluding hydrogens is 452 g/mol. The summed E-state index contributed by atoms with van der Waals surface area (Å²) in [6.07, 6.45) is 4.20. The van der Waals surface area contributed by atoms with Crippen LogP contribution in [0.2, 0.25) is 0 Å². The minimum Gasteiger partial charge on any atom is -0.497 e. The van der Waals surface area contributed by atoms with Crippen LogP contribution in [0, 0.1) is 5.92 Å². The van der Waals surface area contributed by atoms with E-state index in [9.17, 15) is 9.59 Å². The van der Waals surface area contributed by atoms with Gasteiger partial charge in [-0.05, 0) is 61.4 Å². The van der Waals surface area contributed by atoms with E-state index in [4.69, 9.17) is 4.74 Å². The van der Waals surface area contributed by atoms with E-state index in [1.807, 2.05) is 79.3 Å². The topological polar surface area (TPSA) is 67.7 Å². The van der Waals surface area contributed by atoms with Crippen LogP contribution in [-0.4, -0.2) is 64.7 Å². The van der Waals surface area contributed by atoms with Gasteiger partial charge in [0.25, 0.3) is 5.91 Å². The average molecular weight is 489 g/mol. The van der Waals surface area contributed by atoms with E-state index in [2.05, 4.69) is 11.2 Å². The second-order valence-corrected chi connectivity index (χ2v) is 9.71. The number of methoxy groups -OCH3 is 1. The molecule has 7 heteroatoms. The smallest absolute Gasteiger partial charge is 0.274 e. The first-order valence-corrected chi connectivity index (χ1v) is 12.6. The lowest BCUT2D eigenvalue weighted by molar-refractivity contribution is -0.134. The SMILES string of the molecule is COc1cccc(C[C@@H](C2CCN(C(=O)[C@@H](C)c3ccccc3)CC2)N(C)C(=O)c2ccn(C)n2)c1. The summed E-state index contributed by atoms with van der Waals surface area (Å²) >= 11 is 0. The zero-order valence-corrected chi connectivity index (χ0v) is 21.6. The van der Waals surface area contributed by atoms with E-state index in [-0.39, 0.29) is 29.7 Å². The van der Waals surface area contributed by atoms with Crippen LogP contribution >= 0.6 is 0 Å². The number of likely N-dealkylation sites (N-methyl/N-ethyl adjacent to an activating group) is 1. The van der Waals surface area contributed by atoms with Crippen molar-refractivity contribution in [2.24, 2.45) is 13.0 Å². The number of nitrogens with zero attached hydrogens (tertiary/aromatic N) is 4. The molecule has 1 aliphatic heterocycles.